The van der Waals surface area contributed by atoms with Crippen molar-refractivity contribution in [3.63, 3.8) is 0 Å². The molecule has 150 valence electrons. The number of fused-ring (bicyclic) bond motifs is 1. The summed E-state index contributed by atoms with van der Waals surface area (Å²) in [4.78, 5) is 2.52. The van der Waals surface area contributed by atoms with Crippen molar-refractivity contribution in [2.75, 3.05) is 33.0 Å². The van der Waals surface area contributed by atoms with Crippen LogP contribution in [0.15, 0.2) is 42.5 Å². The number of rotatable bonds is 8. The quantitative estimate of drug-likeness (QED) is 0.752. The SMILES string of the molecule is C[C@@H]1CCCN(CCOc2ccc(CNCc3ccc4c(c3)OCO4)cc2)C1. The van der Waals surface area contributed by atoms with E-state index in [9.17, 15) is 0 Å². The van der Waals surface area contributed by atoms with Crippen LogP contribution in [0.4, 0.5) is 0 Å². The number of likely N-dealkylation sites (tertiary alicyclic amines) is 1. The smallest absolute Gasteiger partial charge is 0.231 e. The summed E-state index contributed by atoms with van der Waals surface area (Å²) in [5.41, 5.74) is 2.44. The van der Waals surface area contributed by atoms with Gasteiger partial charge in [0, 0.05) is 26.2 Å². The fourth-order valence-corrected chi connectivity index (χ4v) is 3.89. The first kappa shape index (κ1) is 19.1. The van der Waals surface area contributed by atoms with Crippen molar-refractivity contribution in [1.82, 2.24) is 10.2 Å². The molecular formula is C23H30N2O3. The molecule has 0 amide bonds. The van der Waals surface area contributed by atoms with Crippen molar-refractivity contribution in [2.24, 2.45) is 5.92 Å². The van der Waals surface area contributed by atoms with Crippen molar-refractivity contribution < 1.29 is 14.2 Å². The molecule has 5 heteroatoms. The summed E-state index contributed by atoms with van der Waals surface area (Å²) in [6.45, 7) is 8.46. The monoisotopic (exact) mass is 382 g/mol. The lowest BCUT2D eigenvalue weighted by Gasteiger charge is -2.30. The van der Waals surface area contributed by atoms with E-state index in [1.165, 1.54) is 37.1 Å². The van der Waals surface area contributed by atoms with Crippen LogP contribution in [0.25, 0.3) is 0 Å². The first-order valence-electron chi connectivity index (χ1n) is 10.3. The van der Waals surface area contributed by atoms with Crippen LogP contribution in [0.5, 0.6) is 17.2 Å². The van der Waals surface area contributed by atoms with Gasteiger partial charge in [-0.1, -0.05) is 25.1 Å². The fourth-order valence-electron chi connectivity index (χ4n) is 3.89. The molecule has 2 aromatic carbocycles. The highest BCUT2D eigenvalue weighted by Crippen LogP contribution is 2.32. The summed E-state index contributed by atoms with van der Waals surface area (Å²) in [5.74, 6) is 3.43. The van der Waals surface area contributed by atoms with E-state index in [1.807, 2.05) is 12.1 Å². The number of ether oxygens (including phenoxy) is 3. The van der Waals surface area contributed by atoms with Gasteiger partial charge in [0.05, 0.1) is 0 Å². The average Bonchev–Trinajstić information content (AvgIpc) is 3.17. The molecule has 0 bridgehead atoms. The van der Waals surface area contributed by atoms with Gasteiger partial charge in [-0.3, -0.25) is 4.90 Å². The molecule has 2 aromatic rings. The van der Waals surface area contributed by atoms with Gasteiger partial charge < -0.3 is 19.5 Å². The zero-order valence-corrected chi connectivity index (χ0v) is 16.7. The van der Waals surface area contributed by atoms with Crippen molar-refractivity contribution in [1.29, 1.82) is 0 Å². The van der Waals surface area contributed by atoms with Gasteiger partial charge in [0.2, 0.25) is 6.79 Å². The van der Waals surface area contributed by atoms with Crippen LogP contribution in [0.2, 0.25) is 0 Å². The van der Waals surface area contributed by atoms with Crippen LogP contribution < -0.4 is 19.5 Å². The van der Waals surface area contributed by atoms with Crippen LogP contribution in [0.3, 0.4) is 0 Å². The third kappa shape index (κ3) is 5.18. The third-order valence-electron chi connectivity index (χ3n) is 5.44. The Balaban J connectivity index is 1.17. The van der Waals surface area contributed by atoms with E-state index in [2.05, 4.69) is 47.5 Å². The molecule has 0 spiro atoms. The summed E-state index contributed by atoms with van der Waals surface area (Å²) < 4.78 is 16.7. The van der Waals surface area contributed by atoms with E-state index in [0.717, 1.165) is 49.4 Å². The molecule has 0 unspecified atom stereocenters. The van der Waals surface area contributed by atoms with Crippen LogP contribution in [-0.2, 0) is 13.1 Å². The molecule has 0 aromatic heterocycles. The van der Waals surface area contributed by atoms with E-state index >= 15 is 0 Å². The first-order chi connectivity index (χ1) is 13.8. The number of nitrogens with one attached hydrogen (secondary N) is 1. The van der Waals surface area contributed by atoms with Crippen molar-refractivity contribution >= 4 is 0 Å². The Bertz CT molecular complexity index is 763. The Morgan fingerprint density at radius 1 is 1.04 bits per heavy atom. The number of benzene rings is 2. The number of hydrogen-bond acceptors (Lipinski definition) is 5. The van der Waals surface area contributed by atoms with Gasteiger partial charge in [0.1, 0.15) is 12.4 Å². The van der Waals surface area contributed by atoms with Gasteiger partial charge in [-0.25, -0.2) is 0 Å². The van der Waals surface area contributed by atoms with Gasteiger partial charge in [-0.2, -0.15) is 0 Å². The highest BCUT2D eigenvalue weighted by molar-refractivity contribution is 5.44. The molecule has 1 fully saturated rings. The lowest BCUT2D eigenvalue weighted by Crippen LogP contribution is -2.37. The van der Waals surface area contributed by atoms with E-state index in [-0.39, 0.29) is 0 Å². The van der Waals surface area contributed by atoms with Crippen LogP contribution in [0, 0.1) is 5.92 Å². The molecule has 0 aliphatic carbocycles. The predicted molar refractivity (Wildman–Crippen MR) is 110 cm³/mol. The molecule has 1 saturated heterocycles. The molecule has 5 nitrogen and oxygen atoms in total. The van der Waals surface area contributed by atoms with Crippen molar-refractivity contribution in [2.45, 2.75) is 32.9 Å². The van der Waals surface area contributed by atoms with E-state index in [4.69, 9.17) is 14.2 Å². The summed E-state index contributed by atoms with van der Waals surface area (Å²) >= 11 is 0. The van der Waals surface area contributed by atoms with Gasteiger partial charge in [-0.15, -0.1) is 0 Å². The second kappa shape index (κ2) is 9.30. The molecular weight excluding hydrogens is 352 g/mol. The molecule has 4 rings (SSSR count). The van der Waals surface area contributed by atoms with Gasteiger partial charge in [-0.05, 0) is 60.7 Å². The Labute approximate surface area is 167 Å². The average molecular weight is 383 g/mol. The highest BCUT2D eigenvalue weighted by atomic mass is 16.7. The minimum absolute atomic E-state index is 0.317. The molecule has 28 heavy (non-hydrogen) atoms. The number of nitrogens with zero attached hydrogens (tertiary/aromatic N) is 1. The Kier molecular flexibility index (Phi) is 6.34. The van der Waals surface area contributed by atoms with Crippen LogP contribution in [-0.4, -0.2) is 37.9 Å². The van der Waals surface area contributed by atoms with Gasteiger partial charge in [0.25, 0.3) is 0 Å². The minimum Gasteiger partial charge on any atom is -0.492 e. The zero-order chi connectivity index (χ0) is 19.2. The minimum atomic E-state index is 0.317. The van der Waals surface area contributed by atoms with Crippen LogP contribution >= 0.6 is 0 Å². The summed E-state index contributed by atoms with van der Waals surface area (Å²) in [6.07, 6.45) is 2.68. The van der Waals surface area contributed by atoms with Gasteiger partial charge >= 0.3 is 0 Å². The van der Waals surface area contributed by atoms with Crippen molar-refractivity contribution in [3.05, 3.63) is 53.6 Å². The second-order valence-corrected chi connectivity index (χ2v) is 7.83. The molecule has 2 aliphatic rings. The standard InChI is InChI=1S/C23H30N2O3/c1-18-3-2-10-25(16-18)11-12-26-21-7-4-19(5-8-21)14-24-15-20-6-9-22-23(13-20)28-17-27-22/h4-9,13,18,24H,2-3,10-12,14-17H2,1H3/t18-/m1/s1. The maximum absolute atomic E-state index is 5.93. The maximum atomic E-state index is 5.93. The largest absolute Gasteiger partial charge is 0.492 e. The number of hydrogen-bond donors (Lipinski definition) is 1. The fraction of sp³-hybridized carbons (Fsp3) is 0.478. The normalized spacial score (nSPS) is 19.0. The van der Waals surface area contributed by atoms with Crippen LogP contribution in [0.1, 0.15) is 30.9 Å². The maximum Gasteiger partial charge on any atom is 0.231 e. The Hall–Kier alpha value is -2.24. The second-order valence-electron chi connectivity index (χ2n) is 7.83. The lowest BCUT2D eigenvalue weighted by molar-refractivity contribution is 0.153. The van der Waals surface area contributed by atoms with E-state index < -0.39 is 0 Å². The molecule has 0 saturated carbocycles. The summed E-state index contributed by atoms with van der Waals surface area (Å²) in [6, 6.07) is 14.5. The molecule has 1 atom stereocenters. The van der Waals surface area contributed by atoms with E-state index in [1.54, 1.807) is 0 Å². The zero-order valence-electron chi connectivity index (χ0n) is 16.7. The molecule has 2 heterocycles. The highest BCUT2D eigenvalue weighted by Gasteiger charge is 2.15. The molecule has 0 radical (unpaired) electrons. The number of piperidine rings is 1. The topological polar surface area (TPSA) is 43.0 Å². The van der Waals surface area contributed by atoms with Gasteiger partial charge in [0.15, 0.2) is 11.5 Å². The third-order valence-corrected chi connectivity index (χ3v) is 5.44. The Morgan fingerprint density at radius 3 is 2.68 bits per heavy atom. The summed E-state index contributed by atoms with van der Waals surface area (Å²) in [7, 11) is 0. The molecule has 2 aliphatic heterocycles. The van der Waals surface area contributed by atoms with E-state index in [0.29, 0.717) is 6.79 Å². The summed E-state index contributed by atoms with van der Waals surface area (Å²) in [5, 5.41) is 3.48. The predicted octanol–water partition coefficient (Wildman–Crippen LogP) is 3.82. The first-order valence-corrected chi connectivity index (χ1v) is 10.3. The Morgan fingerprint density at radius 2 is 1.82 bits per heavy atom. The lowest BCUT2D eigenvalue weighted by atomic mass is 10.0. The van der Waals surface area contributed by atoms with Crippen molar-refractivity contribution in [3.8, 4) is 17.2 Å². The molecule has 1 N–H and O–H groups in total.